The van der Waals surface area contributed by atoms with E-state index in [0.717, 1.165) is 46.4 Å². The van der Waals surface area contributed by atoms with Crippen LogP contribution in [0.2, 0.25) is 10.0 Å². The molecule has 3 nitrogen and oxygen atoms in total. The van der Waals surface area contributed by atoms with Gasteiger partial charge in [0, 0.05) is 27.2 Å². The number of aromatic nitrogens is 1. The van der Waals surface area contributed by atoms with E-state index in [1.54, 1.807) is 7.11 Å². The van der Waals surface area contributed by atoms with Gasteiger partial charge in [-0.05, 0) is 68.0 Å². The van der Waals surface area contributed by atoms with E-state index in [4.69, 9.17) is 32.9 Å². The van der Waals surface area contributed by atoms with Gasteiger partial charge in [-0.15, -0.1) is 0 Å². The number of methoxy groups -OCH3 is 1. The molecule has 5 heteroatoms. The van der Waals surface area contributed by atoms with E-state index in [2.05, 4.69) is 5.32 Å². The van der Waals surface area contributed by atoms with Crippen LogP contribution in [0.15, 0.2) is 30.3 Å². The van der Waals surface area contributed by atoms with Crippen LogP contribution in [0, 0.1) is 6.92 Å². The number of benzene rings is 2. The SMILES string of the molecule is COc1cc(Cl)c(C)cc1Nc1c2c(nc3ccc(Cl)cc13)CCCC2. The molecule has 0 aliphatic heterocycles. The summed E-state index contributed by atoms with van der Waals surface area (Å²) in [6.07, 6.45) is 4.38. The first kappa shape index (κ1) is 17.4. The number of nitrogens with one attached hydrogen (secondary N) is 1. The third kappa shape index (κ3) is 3.10. The van der Waals surface area contributed by atoms with Crippen molar-refractivity contribution >= 4 is 45.5 Å². The molecule has 0 spiro atoms. The molecule has 0 fully saturated rings. The summed E-state index contributed by atoms with van der Waals surface area (Å²) in [7, 11) is 1.66. The summed E-state index contributed by atoms with van der Waals surface area (Å²) < 4.78 is 5.54. The second kappa shape index (κ2) is 6.98. The number of aryl methyl sites for hydroxylation is 2. The minimum absolute atomic E-state index is 0.692. The lowest BCUT2D eigenvalue weighted by atomic mass is 9.92. The molecule has 3 aromatic rings. The predicted octanol–water partition coefficient (Wildman–Crippen LogP) is 6.48. The van der Waals surface area contributed by atoms with Gasteiger partial charge in [0.1, 0.15) is 5.75 Å². The maximum absolute atomic E-state index is 6.28. The van der Waals surface area contributed by atoms with Gasteiger partial charge in [-0.2, -0.15) is 0 Å². The zero-order valence-corrected chi connectivity index (χ0v) is 16.3. The van der Waals surface area contributed by atoms with Crippen LogP contribution in [0.25, 0.3) is 10.9 Å². The van der Waals surface area contributed by atoms with Crippen molar-refractivity contribution in [1.29, 1.82) is 0 Å². The van der Waals surface area contributed by atoms with Crippen molar-refractivity contribution in [3.05, 3.63) is 57.2 Å². The highest BCUT2D eigenvalue weighted by molar-refractivity contribution is 6.32. The first-order valence-electron chi connectivity index (χ1n) is 8.79. The molecule has 0 saturated heterocycles. The molecule has 0 bridgehead atoms. The molecular formula is C21H20Cl2N2O. The van der Waals surface area contributed by atoms with Crippen molar-refractivity contribution in [1.82, 2.24) is 4.98 Å². The smallest absolute Gasteiger partial charge is 0.143 e. The number of rotatable bonds is 3. The Balaban J connectivity index is 1.93. The van der Waals surface area contributed by atoms with Crippen LogP contribution >= 0.6 is 23.2 Å². The van der Waals surface area contributed by atoms with Gasteiger partial charge in [0.05, 0.1) is 24.0 Å². The lowest BCUT2D eigenvalue weighted by Gasteiger charge is -2.23. The molecular weight excluding hydrogens is 367 g/mol. The van der Waals surface area contributed by atoms with Gasteiger partial charge in [0.2, 0.25) is 0 Å². The molecule has 4 rings (SSSR count). The maximum atomic E-state index is 6.28. The highest BCUT2D eigenvalue weighted by Crippen LogP contribution is 2.39. The van der Waals surface area contributed by atoms with E-state index in [0.29, 0.717) is 10.0 Å². The average molecular weight is 387 g/mol. The number of hydrogen-bond acceptors (Lipinski definition) is 3. The number of fused-ring (bicyclic) bond motifs is 2. The monoisotopic (exact) mass is 386 g/mol. The van der Waals surface area contributed by atoms with E-state index >= 15 is 0 Å². The van der Waals surface area contributed by atoms with E-state index in [-0.39, 0.29) is 0 Å². The van der Waals surface area contributed by atoms with E-state index in [9.17, 15) is 0 Å². The first-order chi connectivity index (χ1) is 12.6. The fraction of sp³-hybridized carbons (Fsp3) is 0.286. The molecule has 1 aliphatic carbocycles. The van der Waals surface area contributed by atoms with Crippen molar-refractivity contribution in [2.24, 2.45) is 0 Å². The molecule has 2 aromatic carbocycles. The van der Waals surface area contributed by atoms with Crippen molar-refractivity contribution in [2.45, 2.75) is 32.6 Å². The fourth-order valence-corrected chi connectivity index (χ4v) is 3.93. The molecule has 0 saturated carbocycles. The van der Waals surface area contributed by atoms with Crippen LogP contribution in [0.5, 0.6) is 5.75 Å². The van der Waals surface area contributed by atoms with Crippen LogP contribution in [0.3, 0.4) is 0 Å². The zero-order valence-electron chi connectivity index (χ0n) is 14.8. The second-order valence-electron chi connectivity index (χ2n) is 6.71. The fourth-order valence-electron chi connectivity index (χ4n) is 3.60. The van der Waals surface area contributed by atoms with Gasteiger partial charge in [0.15, 0.2) is 0 Å². The summed E-state index contributed by atoms with van der Waals surface area (Å²) >= 11 is 12.5. The average Bonchev–Trinajstić information content (AvgIpc) is 2.64. The molecule has 26 heavy (non-hydrogen) atoms. The van der Waals surface area contributed by atoms with Crippen LogP contribution in [0.1, 0.15) is 29.7 Å². The summed E-state index contributed by atoms with van der Waals surface area (Å²) in [5.74, 6) is 0.720. The Hall–Kier alpha value is -1.97. The topological polar surface area (TPSA) is 34.1 Å². The third-order valence-electron chi connectivity index (χ3n) is 4.96. The number of halogens is 2. The highest BCUT2D eigenvalue weighted by atomic mass is 35.5. The number of ether oxygens (including phenoxy) is 1. The molecule has 1 aliphatic rings. The van der Waals surface area contributed by atoms with Crippen molar-refractivity contribution in [3.8, 4) is 5.75 Å². The molecule has 0 radical (unpaired) electrons. The normalized spacial score (nSPS) is 13.5. The molecule has 1 heterocycles. The van der Waals surface area contributed by atoms with Crippen molar-refractivity contribution in [2.75, 3.05) is 12.4 Å². The zero-order chi connectivity index (χ0) is 18.3. The third-order valence-corrected chi connectivity index (χ3v) is 5.61. The molecule has 1 aromatic heterocycles. The van der Waals surface area contributed by atoms with Gasteiger partial charge in [-0.1, -0.05) is 23.2 Å². The van der Waals surface area contributed by atoms with E-state index in [1.165, 1.54) is 24.1 Å². The summed E-state index contributed by atoms with van der Waals surface area (Å²) in [5, 5.41) is 6.04. The van der Waals surface area contributed by atoms with Crippen LogP contribution in [-0.4, -0.2) is 12.1 Å². The Morgan fingerprint density at radius 1 is 1.08 bits per heavy atom. The summed E-state index contributed by atoms with van der Waals surface area (Å²) in [5.41, 5.74) is 6.39. The Kier molecular flexibility index (Phi) is 4.68. The van der Waals surface area contributed by atoms with E-state index < -0.39 is 0 Å². The maximum Gasteiger partial charge on any atom is 0.143 e. The van der Waals surface area contributed by atoms with Crippen LogP contribution in [-0.2, 0) is 12.8 Å². The van der Waals surface area contributed by atoms with Gasteiger partial charge in [-0.25, -0.2) is 0 Å². The lowest BCUT2D eigenvalue weighted by molar-refractivity contribution is 0.417. The summed E-state index contributed by atoms with van der Waals surface area (Å²) in [6.45, 7) is 1.99. The number of pyridine rings is 1. The molecule has 0 amide bonds. The van der Waals surface area contributed by atoms with Gasteiger partial charge in [-0.3, -0.25) is 4.98 Å². The van der Waals surface area contributed by atoms with Crippen LogP contribution < -0.4 is 10.1 Å². The quantitative estimate of drug-likeness (QED) is 0.558. The largest absolute Gasteiger partial charge is 0.495 e. The lowest BCUT2D eigenvalue weighted by Crippen LogP contribution is -2.10. The van der Waals surface area contributed by atoms with Gasteiger partial charge >= 0.3 is 0 Å². The molecule has 0 atom stereocenters. The van der Waals surface area contributed by atoms with Crippen molar-refractivity contribution in [3.63, 3.8) is 0 Å². The van der Waals surface area contributed by atoms with Gasteiger partial charge < -0.3 is 10.1 Å². The molecule has 0 unspecified atom stereocenters. The molecule has 1 N–H and O–H groups in total. The van der Waals surface area contributed by atoms with Gasteiger partial charge in [0.25, 0.3) is 0 Å². The Labute approximate surface area is 163 Å². The van der Waals surface area contributed by atoms with Crippen LogP contribution in [0.4, 0.5) is 11.4 Å². The summed E-state index contributed by atoms with van der Waals surface area (Å²) in [6, 6.07) is 9.73. The van der Waals surface area contributed by atoms with Crippen molar-refractivity contribution < 1.29 is 4.74 Å². The minimum Gasteiger partial charge on any atom is -0.495 e. The standard InChI is InChI=1S/C21H20Cl2N2O/c1-12-9-19(20(26-2)11-16(12)23)25-21-14-5-3-4-6-17(14)24-18-8-7-13(22)10-15(18)21/h7-11H,3-6H2,1-2H3,(H,24,25). The summed E-state index contributed by atoms with van der Waals surface area (Å²) in [4.78, 5) is 4.88. The Morgan fingerprint density at radius 2 is 1.88 bits per heavy atom. The Bertz CT molecular complexity index is 1000. The molecule has 134 valence electrons. The number of anilines is 2. The number of hydrogen-bond donors (Lipinski definition) is 1. The number of nitrogens with zero attached hydrogens (tertiary/aromatic N) is 1. The predicted molar refractivity (Wildman–Crippen MR) is 109 cm³/mol. The first-order valence-corrected chi connectivity index (χ1v) is 9.54. The minimum atomic E-state index is 0.692. The Morgan fingerprint density at radius 3 is 2.69 bits per heavy atom. The van der Waals surface area contributed by atoms with E-state index in [1.807, 2.05) is 37.3 Å². The second-order valence-corrected chi connectivity index (χ2v) is 7.55. The highest BCUT2D eigenvalue weighted by Gasteiger charge is 2.20.